The maximum absolute atomic E-state index is 12.7. The molecule has 1 aliphatic heterocycles. The fourth-order valence-electron chi connectivity index (χ4n) is 3.15. The summed E-state index contributed by atoms with van der Waals surface area (Å²) >= 11 is 0. The molecule has 7 nitrogen and oxygen atoms in total. The molecule has 2 N–H and O–H groups in total. The Kier molecular flexibility index (Phi) is 5.26. The molecule has 0 radical (unpaired) electrons. The first-order chi connectivity index (χ1) is 10.4. The number of nitrogens with one attached hydrogen (secondary N) is 2. The van der Waals surface area contributed by atoms with Crippen molar-refractivity contribution in [3.8, 4) is 0 Å². The molecule has 1 aromatic heterocycles. The van der Waals surface area contributed by atoms with Crippen LogP contribution < -0.4 is 10.0 Å². The van der Waals surface area contributed by atoms with E-state index in [1.165, 1.54) is 0 Å². The van der Waals surface area contributed by atoms with E-state index in [1.807, 2.05) is 6.92 Å². The van der Waals surface area contributed by atoms with Crippen LogP contribution in [-0.2, 0) is 21.3 Å². The van der Waals surface area contributed by atoms with Gasteiger partial charge in [0.25, 0.3) is 0 Å². The van der Waals surface area contributed by atoms with Crippen LogP contribution in [0.2, 0.25) is 0 Å². The smallest absolute Gasteiger partial charge is 0.244 e. The standard InChI is InChI=1S/C14H26N4O3S/c1-5-18-12(3)13(11(2)17-18)22(19,20)16-9-14(10-21-4)7-6-8-15-14/h15-16H,5-10H2,1-4H3. The van der Waals surface area contributed by atoms with E-state index >= 15 is 0 Å². The van der Waals surface area contributed by atoms with Gasteiger partial charge in [-0.15, -0.1) is 0 Å². The van der Waals surface area contributed by atoms with Crippen LogP contribution in [0.25, 0.3) is 0 Å². The van der Waals surface area contributed by atoms with E-state index < -0.39 is 10.0 Å². The molecular formula is C14H26N4O3S. The van der Waals surface area contributed by atoms with Crippen molar-refractivity contribution in [2.45, 2.75) is 50.6 Å². The largest absolute Gasteiger partial charge is 0.383 e. The highest BCUT2D eigenvalue weighted by molar-refractivity contribution is 7.89. The van der Waals surface area contributed by atoms with Gasteiger partial charge in [-0.2, -0.15) is 5.10 Å². The van der Waals surface area contributed by atoms with Crippen LogP contribution in [0.3, 0.4) is 0 Å². The van der Waals surface area contributed by atoms with Gasteiger partial charge in [0.1, 0.15) is 4.90 Å². The SMILES string of the molecule is CCn1nc(C)c(S(=O)(=O)NCC2(COC)CCCN2)c1C. The number of sulfonamides is 1. The molecule has 1 saturated heterocycles. The second-order valence-corrected chi connectivity index (χ2v) is 7.59. The maximum Gasteiger partial charge on any atom is 0.244 e. The van der Waals surface area contributed by atoms with Gasteiger partial charge in [0.15, 0.2) is 0 Å². The minimum absolute atomic E-state index is 0.292. The number of hydrogen-bond donors (Lipinski definition) is 2. The van der Waals surface area contributed by atoms with Gasteiger partial charge in [0.05, 0.1) is 23.5 Å². The molecule has 8 heteroatoms. The number of nitrogens with zero attached hydrogens (tertiary/aromatic N) is 2. The first-order valence-corrected chi connectivity index (χ1v) is 9.11. The van der Waals surface area contributed by atoms with Crippen LogP contribution >= 0.6 is 0 Å². The van der Waals surface area contributed by atoms with E-state index in [2.05, 4.69) is 15.1 Å². The molecule has 1 fully saturated rings. The third kappa shape index (κ3) is 3.34. The van der Waals surface area contributed by atoms with Crippen LogP contribution in [0.5, 0.6) is 0 Å². The summed E-state index contributed by atoms with van der Waals surface area (Å²) in [6, 6.07) is 0. The maximum atomic E-state index is 12.7. The molecule has 1 aromatic rings. The molecule has 0 spiro atoms. The summed E-state index contributed by atoms with van der Waals surface area (Å²) in [6.07, 6.45) is 1.92. The lowest BCUT2D eigenvalue weighted by Gasteiger charge is -2.28. The normalized spacial score (nSPS) is 22.4. The number of methoxy groups -OCH3 is 1. The highest BCUT2D eigenvalue weighted by Gasteiger charge is 2.35. The predicted octanol–water partition coefficient (Wildman–Crippen LogP) is 0.567. The topological polar surface area (TPSA) is 85.2 Å². The number of aryl methyl sites for hydroxylation is 2. The summed E-state index contributed by atoms with van der Waals surface area (Å²) in [5.41, 5.74) is 0.893. The van der Waals surface area contributed by atoms with Crippen LogP contribution in [0.1, 0.15) is 31.2 Å². The lowest BCUT2D eigenvalue weighted by atomic mass is 9.99. The van der Waals surface area contributed by atoms with Crippen molar-refractivity contribution in [2.75, 3.05) is 26.8 Å². The number of ether oxygens (including phenoxy) is 1. The molecule has 0 amide bonds. The van der Waals surface area contributed by atoms with Gasteiger partial charge in [-0.1, -0.05) is 0 Å². The van der Waals surface area contributed by atoms with Crippen LogP contribution in [0, 0.1) is 13.8 Å². The van der Waals surface area contributed by atoms with Gasteiger partial charge < -0.3 is 10.1 Å². The van der Waals surface area contributed by atoms with Gasteiger partial charge in [0.2, 0.25) is 10.0 Å². The van der Waals surface area contributed by atoms with Gasteiger partial charge in [-0.3, -0.25) is 4.68 Å². The molecule has 126 valence electrons. The Bertz CT molecular complexity index is 618. The summed E-state index contributed by atoms with van der Waals surface area (Å²) in [7, 11) is -1.95. The van der Waals surface area contributed by atoms with Crippen molar-refractivity contribution in [1.82, 2.24) is 19.8 Å². The van der Waals surface area contributed by atoms with E-state index in [9.17, 15) is 8.42 Å². The molecule has 0 aliphatic carbocycles. The Morgan fingerprint density at radius 3 is 2.68 bits per heavy atom. The van der Waals surface area contributed by atoms with E-state index in [0.29, 0.717) is 36.0 Å². The Balaban J connectivity index is 2.19. The number of aromatic nitrogens is 2. The molecule has 2 rings (SSSR count). The Morgan fingerprint density at radius 2 is 2.18 bits per heavy atom. The lowest BCUT2D eigenvalue weighted by Crippen LogP contribution is -2.52. The summed E-state index contributed by atoms with van der Waals surface area (Å²) in [5.74, 6) is 0. The molecule has 0 bridgehead atoms. The van der Waals surface area contributed by atoms with Crippen LogP contribution in [0.15, 0.2) is 4.90 Å². The van der Waals surface area contributed by atoms with Gasteiger partial charge in [0, 0.05) is 20.2 Å². The molecule has 22 heavy (non-hydrogen) atoms. The van der Waals surface area contributed by atoms with E-state index in [-0.39, 0.29) is 5.54 Å². The highest BCUT2D eigenvalue weighted by atomic mass is 32.2. The summed E-state index contributed by atoms with van der Waals surface area (Å²) in [4.78, 5) is 0.292. The second-order valence-electron chi connectivity index (χ2n) is 5.88. The molecule has 0 aromatic carbocycles. The van der Waals surface area contributed by atoms with Crippen LogP contribution in [0.4, 0.5) is 0 Å². The van der Waals surface area contributed by atoms with Crippen LogP contribution in [-0.4, -0.2) is 50.5 Å². The minimum Gasteiger partial charge on any atom is -0.383 e. The van der Waals surface area contributed by atoms with Crippen molar-refractivity contribution in [3.05, 3.63) is 11.4 Å². The molecule has 1 atom stereocenters. The zero-order chi connectivity index (χ0) is 16.4. The van der Waals surface area contributed by atoms with Crippen molar-refractivity contribution >= 4 is 10.0 Å². The Hall–Kier alpha value is -0.960. The predicted molar refractivity (Wildman–Crippen MR) is 84.4 cm³/mol. The van der Waals surface area contributed by atoms with E-state index in [4.69, 9.17) is 4.74 Å². The average Bonchev–Trinajstić information content (AvgIpc) is 3.03. The molecule has 2 heterocycles. The third-order valence-electron chi connectivity index (χ3n) is 4.24. The Morgan fingerprint density at radius 1 is 1.45 bits per heavy atom. The number of hydrogen-bond acceptors (Lipinski definition) is 5. The third-order valence-corrected chi connectivity index (χ3v) is 5.89. The Labute approximate surface area is 132 Å². The zero-order valence-corrected chi connectivity index (χ0v) is 14.6. The quantitative estimate of drug-likeness (QED) is 0.763. The van der Waals surface area contributed by atoms with E-state index in [0.717, 1.165) is 19.4 Å². The molecular weight excluding hydrogens is 304 g/mol. The van der Waals surface area contributed by atoms with Crippen molar-refractivity contribution in [1.29, 1.82) is 0 Å². The lowest BCUT2D eigenvalue weighted by molar-refractivity contribution is 0.122. The second kappa shape index (κ2) is 6.66. The first-order valence-electron chi connectivity index (χ1n) is 7.63. The fraction of sp³-hybridized carbons (Fsp3) is 0.786. The first kappa shape index (κ1) is 17.4. The summed E-state index contributed by atoms with van der Waals surface area (Å²) < 4.78 is 35.1. The summed E-state index contributed by atoms with van der Waals surface area (Å²) in [6.45, 7) is 7.80. The van der Waals surface area contributed by atoms with Gasteiger partial charge in [-0.25, -0.2) is 13.1 Å². The van der Waals surface area contributed by atoms with Crippen molar-refractivity contribution in [3.63, 3.8) is 0 Å². The average molecular weight is 330 g/mol. The molecule has 0 saturated carbocycles. The van der Waals surface area contributed by atoms with E-state index in [1.54, 1.807) is 25.6 Å². The monoisotopic (exact) mass is 330 g/mol. The minimum atomic E-state index is -3.58. The molecule has 1 aliphatic rings. The van der Waals surface area contributed by atoms with Crippen molar-refractivity contribution in [2.24, 2.45) is 0 Å². The zero-order valence-electron chi connectivity index (χ0n) is 13.8. The fourth-order valence-corrected chi connectivity index (χ4v) is 4.69. The summed E-state index contributed by atoms with van der Waals surface area (Å²) in [5, 5.41) is 7.65. The number of rotatable bonds is 7. The van der Waals surface area contributed by atoms with Crippen molar-refractivity contribution < 1.29 is 13.2 Å². The molecule has 1 unspecified atom stereocenters. The van der Waals surface area contributed by atoms with Gasteiger partial charge in [-0.05, 0) is 40.2 Å². The van der Waals surface area contributed by atoms with Gasteiger partial charge >= 0.3 is 0 Å². The highest BCUT2D eigenvalue weighted by Crippen LogP contribution is 2.22.